The summed E-state index contributed by atoms with van der Waals surface area (Å²) in [5.74, 6) is 1.60. The molecule has 0 saturated carbocycles. The Morgan fingerprint density at radius 2 is 1.29 bits per heavy atom. The van der Waals surface area contributed by atoms with E-state index in [0.29, 0.717) is 0 Å². The Kier molecular flexibility index (Phi) is 11.2. The van der Waals surface area contributed by atoms with Crippen LogP contribution in [-0.2, 0) is 12.8 Å². The van der Waals surface area contributed by atoms with E-state index in [2.05, 4.69) is 47.8 Å². The highest BCUT2D eigenvalue weighted by Gasteiger charge is 2.04. The Balaban J connectivity index is 1.41. The lowest BCUT2D eigenvalue weighted by Crippen LogP contribution is -2.18. The third-order valence-corrected chi connectivity index (χ3v) is 5.20. The largest absolute Gasteiger partial charge is 0.493 e. The molecule has 2 aromatic rings. The molecule has 0 amide bonds. The number of methoxy groups -OCH3 is 2. The molecule has 154 valence electrons. The van der Waals surface area contributed by atoms with Crippen LogP contribution in [0.15, 0.2) is 48.5 Å². The van der Waals surface area contributed by atoms with E-state index in [1.165, 1.54) is 62.5 Å². The number of benzene rings is 2. The maximum atomic E-state index is 5.36. The highest BCUT2D eigenvalue weighted by Crippen LogP contribution is 2.27. The maximum Gasteiger partial charge on any atom is 0.160 e. The van der Waals surface area contributed by atoms with Crippen LogP contribution in [0.4, 0.5) is 0 Å². The van der Waals surface area contributed by atoms with Crippen LogP contribution in [0.5, 0.6) is 11.5 Å². The summed E-state index contributed by atoms with van der Waals surface area (Å²) < 4.78 is 10.6. The van der Waals surface area contributed by atoms with Crippen molar-refractivity contribution in [1.29, 1.82) is 0 Å². The van der Waals surface area contributed by atoms with Crippen LogP contribution in [0.2, 0.25) is 0 Å². The third kappa shape index (κ3) is 8.79. The average Bonchev–Trinajstić information content (AvgIpc) is 2.75. The van der Waals surface area contributed by atoms with Gasteiger partial charge in [-0.05, 0) is 62.0 Å². The molecular formula is C25H37NO2. The van der Waals surface area contributed by atoms with Crippen molar-refractivity contribution in [2.24, 2.45) is 0 Å². The van der Waals surface area contributed by atoms with Crippen LogP contribution in [-0.4, -0.2) is 27.3 Å². The lowest BCUT2D eigenvalue weighted by atomic mass is 10.0. The summed E-state index contributed by atoms with van der Waals surface area (Å²) in [5.41, 5.74) is 2.75. The molecule has 28 heavy (non-hydrogen) atoms. The minimum Gasteiger partial charge on any atom is -0.493 e. The van der Waals surface area contributed by atoms with Gasteiger partial charge in [-0.2, -0.15) is 0 Å². The third-order valence-electron chi connectivity index (χ3n) is 5.20. The van der Waals surface area contributed by atoms with Crippen LogP contribution >= 0.6 is 0 Å². The second-order valence-electron chi connectivity index (χ2n) is 7.40. The van der Waals surface area contributed by atoms with Gasteiger partial charge < -0.3 is 14.8 Å². The Hall–Kier alpha value is -2.00. The first kappa shape index (κ1) is 22.3. The summed E-state index contributed by atoms with van der Waals surface area (Å²) in [6.45, 7) is 2.12. The standard InChI is InChI=1S/C25H37NO2/c1-27-24-17-16-23(21-25(24)28-2)18-20-26-19-12-7-5-3-4-6-9-13-22-14-10-8-11-15-22/h8,10-11,14-17,21,26H,3-7,9,12-13,18-20H2,1-2H3. The van der Waals surface area contributed by atoms with Gasteiger partial charge in [0.05, 0.1) is 14.2 Å². The first-order valence-electron chi connectivity index (χ1n) is 10.8. The van der Waals surface area contributed by atoms with Crippen LogP contribution in [0.1, 0.15) is 56.1 Å². The molecule has 0 saturated heterocycles. The van der Waals surface area contributed by atoms with Gasteiger partial charge in [0.2, 0.25) is 0 Å². The molecule has 1 N–H and O–H groups in total. The summed E-state index contributed by atoms with van der Waals surface area (Å²) in [6.07, 6.45) is 11.6. The Bertz CT molecular complexity index is 642. The van der Waals surface area contributed by atoms with Gasteiger partial charge in [-0.15, -0.1) is 0 Å². The maximum absolute atomic E-state index is 5.36. The normalized spacial score (nSPS) is 10.8. The molecule has 0 aliphatic carbocycles. The number of rotatable bonds is 15. The number of hydrogen-bond donors (Lipinski definition) is 1. The quantitative estimate of drug-likeness (QED) is 0.394. The molecule has 2 rings (SSSR count). The molecule has 0 aromatic heterocycles. The summed E-state index contributed by atoms with van der Waals surface area (Å²) in [4.78, 5) is 0. The minimum atomic E-state index is 0.791. The zero-order valence-electron chi connectivity index (χ0n) is 17.7. The predicted molar refractivity (Wildman–Crippen MR) is 119 cm³/mol. The van der Waals surface area contributed by atoms with E-state index in [1.54, 1.807) is 14.2 Å². The van der Waals surface area contributed by atoms with Crippen LogP contribution in [0.3, 0.4) is 0 Å². The molecule has 3 nitrogen and oxygen atoms in total. The summed E-state index contributed by atoms with van der Waals surface area (Å²) >= 11 is 0. The molecule has 0 bridgehead atoms. The highest BCUT2D eigenvalue weighted by molar-refractivity contribution is 5.42. The van der Waals surface area contributed by atoms with Gasteiger partial charge in [0.15, 0.2) is 11.5 Å². The van der Waals surface area contributed by atoms with Crippen molar-refractivity contribution in [2.75, 3.05) is 27.3 Å². The van der Waals surface area contributed by atoms with Crippen LogP contribution in [0.25, 0.3) is 0 Å². The SMILES string of the molecule is COc1ccc(CCNCCCCCCCCCc2ccccc2)cc1OC. The smallest absolute Gasteiger partial charge is 0.160 e. The lowest BCUT2D eigenvalue weighted by Gasteiger charge is -2.10. The predicted octanol–water partition coefficient (Wildman–Crippen LogP) is 5.81. The molecule has 0 heterocycles. The van der Waals surface area contributed by atoms with Crippen molar-refractivity contribution in [3.05, 3.63) is 59.7 Å². The second-order valence-corrected chi connectivity index (χ2v) is 7.40. The van der Waals surface area contributed by atoms with Crippen LogP contribution < -0.4 is 14.8 Å². The highest BCUT2D eigenvalue weighted by atomic mass is 16.5. The Labute approximate surface area is 171 Å². The van der Waals surface area contributed by atoms with E-state index in [0.717, 1.165) is 31.0 Å². The van der Waals surface area contributed by atoms with E-state index in [4.69, 9.17) is 9.47 Å². The number of ether oxygens (including phenoxy) is 2. The van der Waals surface area contributed by atoms with Gasteiger partial charge in [0.1, 0.15) is 0 Å². The van der Waals surface area contributed by atoms with E-state index in [-0.39, 0.29) is 0 Å². The van der Waals surface area contributed by atoms with Gasteiger partial charge in [0.25, 0.3) is 0 Å². The van der Waals surface area contributed by atoms with Gasteiger partial charge >= 0.3 is 0 Å². The lowest BCUT2D eigenvalue weighted by molar-refractivity contribution is 0.354. The van der Waals surface area contributed by atoms with Gasteiger partial charge in [-0.1, -0.05) is 68.5 Å². The molecule has 0 aliphatic rings. The molecule has 0 atom stereocenters. The van der Waals surface area contributed by atoms with E-state index < -0.39 is 0 Å². The fourth-order valence-corrected chi connectivity index (χ4v) is 3.50. The zero-order valence-corrected chi connectivity index (χ0v) is 17.7. The Morgan fingerprint density at radius 1 is 0.607 bits per heavy atom. The second kappa shape index (κ2) is 14.1. The van der Waals surface area contributed by atoms with Crippen molar-refractivity contribution >= 4 is 0 Å². The molecule has 0 spiro atoms. The summed E-state index contributed by atoms with van der Waals surface area (Å²) in [5, 5.41) is 3.56. The molecule has 0 radical (unpaired) electrons. The average molecular weight is 384 g/mol. The summed E-state index contributed by atoms with van der Waals surface area (Å²) in [6, 6.07) is 17.0. The van der Waals surface area contributed by atoms with E-state index >= 15 is 0 Å². The molecule has 2 aromatic carbocycles. The van der Waals surface area contributed by atoms with Crippen molar-refractivity contribution in [2.45, 2.75) is 57.8 Å². The van der Waals surface area contributed by atoms with E-state index in [1.807, 2.05) is 6.07 Å². The zero-order chi connectivity index (χ0) is 19.9. The number of nitrogens with one attached hydrogen (secondary N) is 1. The van der Waals surface area contributed by atoms with Crippen molar-refractivity contribution in [1.82, 2.24) is 5.32 Å². The van der Waals surface area contributed by atoms with Crippen molar-refractivity contribution in [3.63, 3.8) is 0 Å². The van der Waals surface area contributed by atoms with Crippen LogP contribution in [0, 0.1) is 0 Å². The molecule has 0 unspecified atom stereocenters. The summed E-state index contributed by atoms with van der Waals surface area (Å²) in [7, 11) is 3.35. The first-order chi connectivity index (χ1) is 13.8. The number of aryl methyl sites for hydroxylation is 1. The molecule has 0 fully saturated rings. The monoisotopic (exact) mass is 383 g/mol. The van der Waals surface area contributed by atoms with Gasteiger partial charge in [-0.3, -0.25) is 0 Å². The topological polar surface area (TPSA) is 30.5 Å². The molecule has 3 heteroatoms. The van der Waals surface area contributed by atoms with Crippen molar-refractivity contribution < 1.29 is 9.47 Å². The fourth-order valence-electron chi connectivity index (χ4n) is 3.50. The fraction of sp³-hybridized carbons (Fsp3) is 0.520. The number of unbranched alkanes of at least 4 members (excludes halogenated alkanes) is 6. The first-order valence-corrected chi connectivity index (χ1v) is 10.8. The van der Waals surface area contributed by atoms with Gasteiger partial charge in [-0.25, -0.2) is 0 Å². The molecule has 0 aliphatic heterocycles. The Morgan fingerprint density at radius 3 is 2.00 bits per heavy atom. The van der Waals surface area contributed by atoms with Gasteiger partial charge in [0, 0.05) is 0 Å². The van der Waals surface area contributed by atoms with Crippen molar-refractivity contribution in [3.8, 4) is 11.5 Å². The van der Waals surface area contributed by atoms with E-state index in [9.17, 15) is 0 Å². The minimum absolute atomic E-state index is 0.791. The number of hydrogen-bond acceptors (Lipinski definition) is 3. The molecular weight excluding hydrogens is 346 g/mol.